The van der Waals surface area contributed by atoms with E-state index in [1.54, 1.807) is 0 Å². The highest BCUT2D eigenvalue weighted by Crippen LogP contribution is 2.31. The first kappa shape index (κ1) is 15.0. The zero-order valence-corrected chi connectivity index (χ0v) is 14.4. The summed E-state index contributed by atoms with van der Waals surface area (Å²) in [7, 11) is 2.11. The smallest absolute Gasteiger partial charge is 0.144 e. The summed E-state index contributed by atoms with van der Waals surface area (Å²) in [5, 5.41) is 2.34. The van der Waals surface area contributed by atoms with E-state index < -0.39 is 0 Å². The van der Waals surface area contributed by atoms with Crippen molar-refractivity contribution in [3.63, 3.8) is 0 Å². The van der Waals surface area contributed by atoms with E-state index in [-0.39, 0.29) is 0 Å². The molecule has 5 rings (SSSR count). The number of furan rings is 1. The van der Waals surface area contributed by atoms with E-state index in [0.717, 1.165) is 16.6 Å². The molecule has 0 N–H and O–H groups in total. The lowest BCUT2D eigenvalue weighted by Gasteiger charge is -2.07. The normalized spacial score (nSPS) is 11.2. The average Bonchev–Trinajstić information content (AvgIpc) is 3.08. The van der Waals surface area contributed by atoms with Crippen molar-refractivity contribution in [1.82, 2.24) is 4.98 Å². The van der Waals surface area contributed by atoms with Crippen LogP contribution in [0.4, 0.5) is 0 Å². The fraction of sp³-hybridized carbons (Fsp3) is 0. The number of nitrogens with zero attached hydrogens (tertiary/aromatic N) is 1. The number of hydrogen-bond donors (Lipinski definition) is 0. The highest BCUT2D eigenvalue weighted by molar-refractivity contribution is 6.39. The number of fused-ring (bicyclic) bond motifs is 3. The van der Waals surface area contributed by atoms with E-state index in [2.05, 4.69) is 61.4 Å². The molecular formula is C23H16BNO. The summed E-state index contributed by atoms with van der Waals surface area (Å²) in [5.41, 5.74) is 7.87. The molecule has 0 atom stereocenters. The molecule has 26 heavy (non-hydrogen) atoms. The molecule has 0 fully saturated rings. The summed E-state index contributed by atoms with van der Waals surface area (Å²) in [6.07, 6.45) is 3.65. The van der Waals surface area contributed by atoms with E-state index in [1.165, 1.54) is 33.0 Å². The van der Waals surface area contributed by atoms with Crippen LogP contribution >= 0.6 is 0 Å². The quantitative estimate of drug-likeness (QED) is 0.442. The van der Waals surface area contributed by atoms with Crippen LogP contribution in [0.25, 0.3) is 44.2 Å². The van der Waals surface area contributed by atoms with Crippen LogP contribution in [-0.4, -0.2) is 12.8 Å². The number of pyridine rings is 1. The Morgan fingerprint density at radius 1 is 0.654 bits per heavy atom. The van der Waals surface area contributed by atoms with Crippen LogP contribution in [0.5, 0.6) is 0 Å². The molecule has 2 heterocycles. The van der Waals surface area contributed by atoms with Gasteiger partial charge < -0.3 is 4.42 Å². The minimum atomic E-state index is 0.941. The molecule has 2 nitrogen and oxygen atoms in total. The Balaban J connectivity index is 1.63. The van der Waals surface area contributed by atoms with Crippen LogP contribution in [0.1, 0.15) is 0 Å². The summed E-state index contributed by atoms with van der Waals surface area (Å²) in [6.45, 7) is 0. The van der Waals surface area contributed by atoms with Crippen LogP contribution in [0.15, 0.2) is 89.6 Å². The zero-order chi connectivity index (χ0) is 17.5. The van der Waals surface area contributed by atoms with E-state index in [0.29, 0.717) is 0 Å². The molecule has 5 aromatic rings. The molecular weight excluding hydrogens is 317 g/mol. The maximum Gasteiger partial charge on any atom is 0.144 e. The van der Waals surface area contributed by atoms with E-state index >= 15 is 0 Å². The van der Waals surface area contributed by atoms with Crippen molar-refractivity contribution >= 4 is 35.2 Å². The van der Waals surface area contributed by atoms with Crippen molar-refractivity contribution in [2.75, 3.05) is 0 Å². The molecule has 0 radical (unpaired) electrons. The van der Waals surface area contributed by atoms with Gasteiger partial charge >= 0.3 is 0 Å². The fourth-order valence-electron chi connectivity index (χ4n) is 3.56. The van der Waals surface area contributed by atoms with Gasteiger partial charge in [-0.3, -0.25) is 4.98 Å². The van der Waals surface area contributed by atoms with Gasteiger partial charge in [-0.05, 0) is 52.0 Å². The number of para-hydroxylation sites is 1. The van der Waals surface area contributed by atoms with Gasteiger partial charge in [-0.25, -0.2) is 0 Å². The van der Waals surface area contributed by atoms with Crippen LogP contribution in [0.2, 0.25) is 0 Å². The first-order valence-corrected chi connectivity index (χ1v) is 8.72. The van der Waals surface area contributed by atoms with Gasteiger partial charge in [0.25, 0.3) is 0 Å². The summed E-state index contributed by atoms with van der Waals surface area (Å²) < 4.78 is 6.05. The molecule has 0 unspecified atom stereocenters. The Morgan fingerprint density at radius 2 is 1.31 bits per heavy atom. The molecule has 0 saturated carbocycles. The number of aromatic nitrogens is 1. The summed E-state index contributed by atoms with van der Waals surface area (Å²) in [6, 6.07) is 25.4. The largest absolute Gasteiger partial charge is 0.457 e. The Morgan fingerprint density at radius 3 is 2.08 bits per heavy atom. The third-order valence-corrected chi connectivity index (χ3v) is 4.90. The molecule has 2 aromatic heterocycles. The Hall–Kier alpha value is -3.33. The Kier molecular flexibility index (Phi) is 3.39. The molecule has 3 heteroatoms. The molecule has 0 aliphatic rings. The summed E-state index contributed by atoms with van der Waals surface area (Å²) >= 11 is 0. The molecule has 0 spiro atoms. The topological polar surface area (TPSA) is 26.0 Å². The van der Waals surface area contributed by atoms with Crippen LogP contribution in [0, 0.1) is 0 Å². The van der Waals surface area contributed by atoms with Crippen molar-refractivity contribution in [3.05, 3.63) is 85.2 Å². The third kappa shape index (κ3) is 2.41. The molecule has 122 valence electrons. The second kappa shape index (κ2) is 5.89. The Labute approximate surface area is 152 Å². The van der Waals surface area contributed by atoms with Crippen LogP contribution in [-0.2, 0) is 0 Å². The van der Waals surface area contributed by atoms with Gasteiger partial charge in [-0.15, -0.1) is 0 Å². The molecule has 0 aliphatic heterocycles. The molecule has 0 saturated heterocycles. The standard InChI is InChI=1S/C23H16BNO/c24-21-14-18(13-20-19-3-1-2-4-22(19)26-23(20)21)16-7-5-15(6-8-16)17-9-11-25-12-10-17/h1-14H,24H2. The van der Waals surface area contributed by atoms with Crippen molar-refractivity contribution in [3.8, 4) is 22.3 Å². The SMILES string of the molecule is Bc1cc(-c2ccc(-c3ccncc3)cc2)cc2c1oc1ccccc12. The highest BCUT2D eigenvalue weighted by Gasteiger charge is 2.11. The molecule has 0 bridgehead atoms. The first-order valence-electron chi connectivity index (χ1n) is 8.72. The first-order chi connectivity index (χ1) is 12.8. The van der Waals surface area contributed by atoms with Crippen molar-refractivity contribution in [1.29, 1.82) is 0 Å². The zero-order valence-electron chi connectivity index (χ0n) is 14.4. The summed E-state index contributed by atoms with van der Waals surface area (Å²) in [4.78, 5) is 4.09. The summed E-state index contributed by atoms with van der Waals surface area (Å²) in [5.74, 6) is 0. The highest BCUT2D eigenvalue weighted by atomic mass is 16.3. The number of hydrogen-bond acceptors (Lipinski definition) is 2. The van der Waals surface area contributed by atoms with E-state index in [1.807, 2.05) is 36.7 Å². The lowest BCUT2D eigenvalue weighted by molar-refractivity contribution is 0.671. The second-order valence-electron chi connectivity index (χ2n) is 6.58. The monoisotopic (exact) mass is 333 g/mol. The minimum Gasteiger partial charge on any atom is -0.457 e. The average molecular weight is 333 g/mol. The van der Waals surface area contributed by atoms with Gasteiger partial charge in [0.15, 0.2) is 0 Å². The molecule has 0 amide bonds. The lowest BCUT2D eigenvalue weighted by Crippen LogP contribution is -2.02. The van der Waals surface area contributed by atoms with Crippen molar-refractivity contribution in [2.24, 2.45) is 0 Å². The molecule has 0 aliphatic carbocycles. The van der Waals surface area contributed by atoms with Gasteiger partial charge in [0.2, 0.25) is 0 Å². The van der Waals surface area contributed by atoms with Gasteiger partial charge in [0.1, 0.15) is 19.0 Å². The predicted octanol–water partition coefficient (Wildman–Crippen LogP) is 4.57. The van der Waals surface area contributed by atoms with Crippen molar-refractivity contribution in [2.45, 2.75) is 0 Å². The van der Waals surface area contributed by atoms with Gasteiger partial charge in [0.05, 0.1) is 0 Å². The van der Waals surface area contributed by atoms with Crippen LogP contribution in [0.3, 0.4) is 0 Å². The van der Waals surface area contributed by atoms with Crippen molar-refractivity contribution < 1.29 is 4.42 Å². The Bertz CT molecular complexity index is 1220. The third-order valence-electron chi connectivity index (χ3n) is 4.90. The van der Waals surface area contributed by atoms with Gasteiger partial charge in [-0.2, -0.15) is 0 Å². The van der Waals surface area contributed by atoms with Crippen LogP contribution < -0.4 is 5.46 Å². The lowest BCUT2D eigenvalue weighted by atomic mass is 9.89. The van der Waals surface area contributed by atoms with E-state index in [9.17, 15) is 0 Å². The molecule has 3 aromatic carbocycles. The maximum atomic E-state index is 6.05. The second-order valence-corrected chi connectivity index (χ2v) is 6.58. The minimum absolute atomic E-state index is 0.941. The number of rotatable bonds is 2. The fourth-order valence-corrected chi connectivity index (χ4v) is 3.56. The number of benzene rings is 3. The van der Waals surface area contributed by atoms with E-state index in [4.69, 9.17) is 4.42 Å². The van der Waals surface area contributed by atoms with Gasteiger partial charge in [0, 0.05) is 23.2 Å². The predicted molar refractivity (Wildman–Crippen MR) is 111 cm³/mol. The van der Waals surface area contributed by atoms with Gasteiger partial charge in [-0.1, -0.05) is 48.5 Å². The maximum absolute atomic E-state index is 6.05.